The van der Waals surface area contributed by atoms with Gasteiger partial charge in [0, 0.05) is 30.6 Å². The molecule has 5 nitrogen and oxygen atoms in total. The molecule has 0 atom stereocenters. The molecule has 0 saturated heterocycles. The highest BCUT2D eigenvalue weighted by Gasteiger charge is 2.24. The number of hydrogen-bond acceptors (Lipinski definition) is 4. The van der Waals surface area contributed by atoms with Crippen LogP contribution in [0.5, 0.6) is 0 Å². The average molecular weight is 381 g/mol. The fourth-order valence-corrected chi connectivity index (χ4v) is 4.68. The van der Waals surface area contributed by atoms with E-state index in [4.69, 9.17) is 0 Å². The second kappa shape index (κ2) is 7.68. The molecule has 1 amide bonds. The van der Waals surface area contributed by atoms with Crippen LogP contribution in [0, 0.1) is 6.92 Å². The molecule has 136 valence electrons. The molecular formula is C18H24N2O3S2. The van der Waals surface area contributed by atoms with Crippen molar-refractivity contribution in [2.24, 2.45) is 0 Å². The Labute approximate surface area is 153 Å². The predicted molar refractivity (Wildman–Crippen MR) is 101 cm³/mol. The van der Waals surface area contributed by atoms with E-state index in [1.54, 1.807) is 42.5 Å². The van der Waals surface area contributed by atoms with E-state index in [9.17, 15) is 13.2 Å². The highest BCUT2D eigenvalue weighted by Crippen LogP contribution is 2.21. The number of carbonyl (C=O) groups is 1. The molecule has 1 aromatic carbocycles. The average Bonchev–Trinajstić information content (AvgIpc) is 2.98. The van der Waals surface area contributed by atoms with Gasteiger partial charge in [0.05, 0.1) is 11.4 Å². The quantitative estimate of drug-likeness (QED) is 0.772. The molecule has 0 saturated carbocycles. The maximum Gasteiger partial charge on any atom is 0.253 e. The van der Waals surface area contributed by atoms with Gasteiger partial charge >= 0.3 is 0 Å². The summed E-state index contributed by atoms with van der Waals surface area (Å²) in [5, 5.41) is 2.00. The van der Waals surface area contributed by atoms with E-state index in [2.05, 4.69) is 0 Å². The third-order valence-corrected chi connectivity index (χ3v) is 7.22. The summed E-state index contributed by atoms with van der Waals surface area (Å²) in [5.41, 5.74) is 1.52. The number of carbonyl (C=O) groups excluding carboxylic acids is 1. The molecular weight excluding hydrogens is 356 g/mol. The van der Waals surface area contributed by atoms with Crippen LogP contribution in [-0.4, -0.2) is 43.7 Å². The fourth-order valence-electron chi connectivity index (χ4n) is 2.31. The monoisotopic (exact) mass is 380 g/mol. The SMILES string of the molecule is Cc1ccsc1CN(C)C(=O)c1cccc(S(=O)(=O)N(C)C(C)C)c1. The summed E-state index contributed by atoms with van der Waals surface area (Å²) in [4.78, 5) is 15.6. The number of benzene rings is 1. The third kappa shape index (κ3) is 4.29. The van der Waals surface area contributed by atoms with Gasteiger partial charge in [-0.3, -0.25) is 4.79 Å². The Morgan fingerprint density at radius 3 is 2.44 bits per heavy atom. The van der Waals surface area contributed by atoms with Crippen LogP contribution in [-0.2, 0) is 16.6 Å². The number of thiophene rings is 1. The summed E-state index contributed by atoms with van der Waals surface area (Å²) in [5.74, 6) is -0.197. The van der Waals surface area contributed by atoms with Crippen LogP contribution < -0.4 is 0 Å². The molecule has 0 bridgehead atoms. The van der Waals surface area contributed by atoms with Gasteiger partial charge in [-0.05, 0) is 56.0 Å². The Bertz CT molecular complexity index is 857. The van der Waals surface area contributed by atoms with E-state index in [1.807, 2.05) is 32.2 Å². The first-order chi connectivity index (χ1) is 11.6. The number of amides is 1. The summed E-state index contributed by atoms with van der Waals surface area (Å²) < 4.78 is 26.5. The van der Waals surface area contributed by atoms with Crippen molar-refractivity contribution < 1.29 is 13.2 Å². The summed E-state index contributed by atoms with van der Waals surface area (Å²) in [7, 11) is -0.345. The number of rotatable bonds is 6. The van der Waals surface area contributed by atoms with Crippen molar-refractivity contribution in [3.63, 3.8) is 0 Å². The van der Waals surface area contributed by atoms with Crippen molar-refractivity contribution >= 4 is 27.3 Å². The van der Waals surface area contributed by atoms with Gasteiger partial charge in [-0.2, -0.15) is 4.31 Å². The number of aryl methyl sites for hydroxylation is 1. The first-order valence-electron chi connectivity index (χ1n) is 8.01. The first kappa shape index (κ1) is 19.6. The van der Waals surface area contributed by atoms with Gasteiger partial charge in [-0.25, -0.2) is 8.42 Å². The maximum absolute atomic E-state index is 12.7. The molecule has 1 heterocycles. The molecule has 2 rings (SSSR count). The standard InChI is InChI=1S/C18H24N2O3S2/c1-13(2)20(5)25(22,23)16-8-6-7-15(11-16)18(21)19(4)12-17-14(3)9-10-24-17/h6-11,13H,12H2,1-5H3. The van der Waals surface area contributed by atoms with Crippen LogP contribution in [0.3, 0.4) is 0 Å². The molecule has 25 heavy (non-hydrogen) atoms. The molecule has 0 radical (unpaired) electrons. The summed E-state index contributed by atoms with van der Waals surface area (Å²) in [6.07, 6.45) is 0. The smallest absolute Gasteiger partial charge is 0.253 e. The highest BCUT2D eigenvalue weighted by molar-refractivity contribution is 7.89. The fraction of sp³-hybridized carbons (Fsp3) is 0.389. The minimum atomic E-state index is -3.61. The van der Waals surface area contributed by atoms with E-state index in [0.717, 1.165) is 10.4 Å². The lowest BCUT2D eigenvalue weighted by molar-refractivity contribution is 0.0786. The van der Waals surface area contributed by atoms with Crippen molar-refractivity contribution in [3.8, 4) is 0 Å². The molecule has 0 aliphatic rings. The van der Waals surface area contributed by atoms with E-state index in [0.29, 0.717) is 12.1 Å². The molecule has 0 unspecified atom stereocenters. The Morgan fingerprint density at radius 1 is 1.20 bits per heavy atom. The normalized spacial score (nSPS) is 12.0. The zero-order valence-corrected chi connectivity index (χ0v) is 16.8. The zero-order chi connectivity index (χ0) is 18.8. The largest absolute Gasteiger partial charge is 0.337 e. The van der Waals surface area contributed by atoms with Crippen molar-refractivity contribution in [1.82, 2.24) is 9.21 Å². The van der Waals surface area contributed by atoms with Crippen LogP contribution >= 0.6 is 11.3 Å². The molecule has 0 fully saturated rings. The van der Waals surface area contributed by atoms with E-state index in [-0.39, 0.29) is 16.8 Å². The van der Waals surface area contributed by atoms with Gasteiger partial charge in [0.1, 0.15) is 0 Å². The molecule has 1 aromatic heterocycles. The molecule has 0 spiro atoms. The predicted octanol–water partition coefficient (Wildman–Crippen LogP) is 3.36. The summed E-state index contributed by atoms with van der Waals surface area (Å²) in [6.45, 7) is 6.14. The lowest BCUT2D eigenvalue weighted by atomic mass is 10.2. The Morgan fingerprint density at radius 2 is 1.88 bits per heavy atom. The Kier molecular flexibility index (Phi) is 6.03. The van der Waals surface area contributed by atoms with Crippen LogP contribution in [0.25, 0.3) is 0 Å². The summed E-state index contributed by atoms with van der Waals surface area (Å²) >= 11 is 1.61. The first-order valence-corrected chi connectivity index (χ1v) is 10.3. The van der Waals surface area contributed by atoms with Gasteiger partial charge in [-0.15, -0.1) is 11.3 Å². The number of nitrogens with zero attached hydrogens (tertiary/aromatic N) is 2. The van der Waals surface area contributed by atoms with Gasteiger partial charge in [0.2, 0.25) is 10.0 Å². The second-order valence-electron chi connectivity index (χ2n) is 6.33. The lowest BCUT2D eigenvalue weighted by Gasteiger charge is -2.22. The lowest BCUT2D eigenvalue weighted by Crippen LogP contribution is -2.33. The minimum absolute atomic E-state index is 0.134. The van der Waals surface area contributed by atoms with Crippen LogP contribution in [0.15, 0.2) is 40.6 Å². The van der Waals surface area contributed by atoms with Gasteiger partial charge in [0.15, 0.2) is 0 Å². The van der Waals surface area contributed by atoms with Crippen LogP contribution in [0.4, 0.5) is 0 Å². The van der Waals surface area contributed by atoms with Crippen LogP contribution in [0.1, 0.15) is 34.6 Å². The molecule has 2 aromatic rings. The van der Waals surface area contributed by atoms with E-state index >= 15 is 0 Å². The van der Waals surface area contributed by atoms with E-state index in [1.165, 1.54) is 16.4 Å². The van der Waals surface area contributed by atoms with Gasteiger partial charge in [0.25, 0.3) is 5.91 Å². The molecule has 7 heteroatoms. The second-order valence-corrected chi connectivity index (χ2v) is 9.33. The molecule has 0 aliphatic carbocycles. The minimum Gasteiger partial charge on any atom is -0.337 e. The summed E-state index contributed by atoms with van der Waals surface area (Å²) in [6, 6.07) is 8.09. The van der Waals surface area contributed by atoms with Crippen LogP contribution in [0.2, 0.25) is 0 Å². The van der Waals surface area contributed by atoms with Crippen molar-refractivity contribution in [2.75, 3.05) is 14.1 Å². The van der Waals surface area contributed by atoms with E-state index < -0.39 is 10.0 Å². The highest BCUT2D eigenvalue weighted by atomic mass is 32.2. The maximum atomic E-state index is 12.7. The van der Waals surface area contributed by atoms with Crippen molar-refractivity contribution in [2.45, 2.75) is 38.3 Å². The van der Waals surface area contributed by atoms with Crippen molar-refractivity contribution in [3.05, 3.63) is 51.7 Å². The Balaban J connectivity index is 2.26. The van der Waals surface area contributed by atoms with Gasteiger partial charge < -0.3 is 4.90 Å². The molecule has 0 N–H and O–H groups in total. The third-order valence-electron chi connectivity index (χ3n) is 4.18. The molecule has 0 aliphatic heterocycles. The number of sulfonamides is 1. The number of hydrogen-bond donors (Lipinski definition) is 0. The topological polar surface area (TPSA) is 57.7 Å². The zero-order valence-electron chi connectivity index (χ0n) is 15.2. The Hall–Kier alpha value is -1.70. The van der Waals surface area contributed by atoms with Gasteiger partial charge in [-0.1, -0.05) is 6.07 Å². The van der Waals surface area contributed by atoms with Crippen molar-refractivity contribution in [1.29, 1.82) is 0 Å².